The molecular weight excluding hydrogens is 302 g/mol. The lowest BCUT2D eigenvalue weighted by Crippen LogP contribution is -2.20. The van der Waals surface area contributed by atoms with Crippen LogP contribution in [-0.4, -0.2) is 18.6 Å². The van der Waals surface area contributed by atoms with Gasteiger partial charge < -0.3 is 14.8 Å². The van der Waals surface area contributed by atoms with Gasteiger partial charge in [0.25, 0.3) is 5.91 Å². The first-order valence-electron chi connectivity index (χ1n) is 7.96. The molecule has 0 aliphatic rings. The van der Waals surface area contributed by atoms with E-state index in [1.165, 1.54) is 0 Å². The quantitative estimate of drug-likeness (QED) is 0.739. The van der Waals surface area contributed by atoms with Crippen molar-refractivity contribution in [3.63, 3.8) is 0 Å². The third kappa shape index (κ3) is 5.47. The van der Waals surface area contributed by atoms with Crippen LogP contribution in [0.25, 0.3) is 0 Å². The van der Waals surface area contributed by atoms with E-state index in [4.69, 9.17) is 9.47 Å². The van der Waals surface area contributed by atoms with Gasteiger partial charge in [-0.25, -0.2) is 0 Å². The molecular formula is C20H23NO3. The minimum absolute atomic E-state index is 0.0433. The van der Waals surface area contributed by atoms with Crippen LogP contribution in [0, 0.1) is 0 Å². The molecule has 0 heterocycles. The molecule has 1 amide bonds. The number of carbonyl (C=O) groups is 1. The molecule has 0 atom stereocenters. The normalized spacial score (nSPS) is 10.3. The first-order valence-corrected chi connectivity index (χ1v) is 7.96. The topological polar surface area (TPSA) is 47.6 Å². The van der Waals surface area contributed by atoms with Crippen molar-refractivity contribution in [2.75, 3.05) is 11.9 Å². The highest BCUT2D eigenvalue weighted by Crippen LogP contribution is 2.19. The zero-order valence-corrected chi connectivity index (χ0v) is 14.1. The Balaban J connectivity index is 1.88. The largest absolute Gasteiger partial charge is 0.491 e. The zero-order chi connectivity index (χ0) is 17.4. The van der Waals surface area contributed by atoms with Gasteiger partial charge in [0.1, 0.15) is 11.5 Å². The van der Waals surface area contributed by atoms with Gasteiger partial charge in [-0.3, -0.25) is 4.79 Å². The SMILES string of the molecule is C=CCc1ccccc1OCC(=O)Nc1ccc(OC(C)C)cc1. The Kier molecular flexibility index (Phi) is 6.43. The lowest BCUT2D eigenvalue weighted by Gasteiger charge is -2.12. The van der Waals surface area contributed by atoms with Crippen LogP contribution in [0.1, 0.15) is 19.4 Å². The number of ether oxygens (including phenoxy) is 2. The van der Waals surface area contributed by atoms with Gasteiger partial charge in [-0.2, -0.15) is 0 Å². The van der Waals surface area contributed by atoms with Gasteiger partial charge >= 0.3 is 0 Å². The third-order valence-electron chi connectivity index (χ3n) is 3.21. The highest BCUT2D eigenvalue weighted by Gasteiger charge is 2.07. The van der Waals surface area contributed by atoms with Gasteiger partial charge in [-0.15, -0.1) is 6.58 Å². The second-order valence-corrected chi connectivity index (χ2v) is 5.63. The van der Waals surface area contributed by atoms with Gasteiger partial charge in [0.2, 0.25) is 0 Å². The summed E-state index contributed by atoms with van der Waals surface area (Å²) in [6, 6.07) is 14.9. The minimum atomic E-state index is -0.207. The van der Waals surface area contributed by atoms with E-state index in [1.54, 1.807) is 12.1 Å². The molecule has 0 saturated heterocycles. The first-order chi connectivity index (χ1) is 11.6. The van der Waals surface area contributed by atoms with E-state index < -0.39 is 0 Å². The number of allylic oxidation sites excluding steroid dienone is 1. The summed E-state index contributed by atoms with van der Waals surface area (Å²) in [6.45, 7) is 7.62. The monoisotopic (exact) mass is 325 g/mol. The molecule has 2 aromatic carbocycles. The van der Waals surface area contributed by atoms with Gasteiger partial charge in [0, 0.05) is 5.69 Å². The van der Waals surface area contributed by atoms with E-state index in [2.05, 4.69) is 11.9 Å². The Morgan fingerprint density at radius 1 is 1.17 bits per heavy atom. The summed E-state index contributed by atoms with van der Waals surface area (Å²) >= 11 is 0. The molecule has 0 aromatic heterocycles. The zero-order valence-electron chi connectivity index (χ0n) is 14.1. The van der Waals surface area contributed by atoms with Crippen molar-refractivity contribution in [2.45, 2.75) is 26.4 Å². The van der Waals surface area contributed by atoms with E-state index in [9.17, 15) is 4.79 Å². The van der Waals surface area contributed by atoms with Crippen molar-refractivity contribution in [1.82, 2.24) is 0 Å². The molecule has 0 spiro atoms. The fourth-order valence-electron chi connectivity index (χ4n) is 2.20. The van der Waals surface area contributed by atoms with Crippen molar-refractivity contribution in [3.05, 3.63) is 66.7 Å². The van der Waals surface area contributed by atoms with E-state index >= 15 is 0 Å². The molecule has 2 aromatic rings. The van der Waals surface area contributed by atoms with Gasteiger partial charge in [0.15, 0.2) is 6.61 Å². The number of rotatable bonds is 8. The Morgan fingerprint density at radius 2 is 1.88 bits per heavy atom. The lowest BCUT2D eigenvalue weighted by atomic mass is 10.1. The van der Waals surface area contributed by atoms with Crippen LogP contribution in [0.3, 0.4) is 0 Å². The van der Waals surface area contributed by atoms with Crippen LogP contribution < -0.4 is 14.8 Å². The summed E-state index contributed by atoms with van der Waals surface area (Å²) in [4.78, 5) is 12.0. The van der Waals surface area contributed by atoms with Gasteiger partial charge in [0.05, 0.1) is 6.10 Å². The van der Waals surface area contributed by atoms with Gasteiger partial charge in [-0.1, -0.05) is 24.3 Å². The number of amides is 1. The van der Waals surface area contributed by atoms with Gasteiger partial charge in [-0.05, 0) is 56.2 Å². The highest BCUT2D eigenvalue weighted by molar-refractivity contribution is 5.91. The van der Waals surface area contributed by atoms with Crippen LogP contribution in [0.4, 0.5) is 5.69 Å². The molecule has 0 saturated carbocycles. The Hall–Kier alpha value is -2.75. The first kappa shape index (κ1) is 17.6. The average Bonchev–Trinajstić information content (AvgIpc) is 2.56. The number of nitrogens with one attached hydrogen (secondary N) is 1. The summed E-state index contributed by atoms with van der Waals surface area (Å²) in [5.74, 6) is 1.27. The number of para-hydroxylation sites is 1. The summed E-state index contributed by atoms with van der Waals surface area (Å²) < 4.78 is 11.2. The molecule has 0 radical (unpaired) electrons. The predicted molar refractivity (Wildman–Crippen MR) is 96.7 cm³/mol. The second kappa shape index (κ2) is 8.77. The minimum Gasteiger partial charge on any atom is -0.491 e. The van der Waals surface area contributed by atoms with Crippen LogP contribution in [0.2, 0.25) is 0 Å². The van der Waals surface area contributed by atoms with E-state index in [-0.39, 0.29) is 18.6 Å². The molecule has 0 aliphatic heterocycles. The molecule has 4 heteroatoms. The Bertz CT molecular complexity index is 678. The molecule has 0 fully saturated rings. The molecule has 0 unspecified atom stereocenters. The Morgan fingerprint density at radius 3 is 2.54 bits per heavy atom. The summed E-state index contributed by atoms with van der Waals surface area (Å²) in [7, 11) is 0. The Labute approximate surface area is 143 Å². The maximum Gasteiger partial charge on any atom is 0.262 e. The molecule has 24 heavy (non-hydrogen) atoms. The van der Waals surface area contributed by atoms with Crippen molar-refractivity contribution in [2.24, 2.45) is 0 Å². The number of anilines is 1. The molecule has 2 rings (SSSR count). The van der Waals surface area contributed by atoms with E-state index in [1.807, 2.05) is 56.3 Å². The van der Waals surface area contributed by atoms with E-state index in [0.29, 0.717) is 17.9 Å². The smallest absolute Gasteiger partial charge is 0.262 e. The number of carbonyl (C=O) groups excluding carboxylic acids is 1. The number of hydrogen-bond donors (Lipinski definition) is 1. The van der Waals surface area contributed by atoms with Crippen LogP contribution >= 0.6 is 0 Å². The maximum absolute atomic E-state index is 12.0. The number of hydrogen-bond acceptors (Lipinski definition) is 3. The number of benzene rings is 2. The van der Waals surface area contributed by atoms with Crippen molar-refractivity contribution in [3.8, 4) is 11.5 Å². The lowest BCUT2D eigenvalue weighted by molar-refractivity contribution is -0.118. The highest BCUT2D eigenvalue weighted by atomic mass is 16.5. The summed E-state index contributed by atoms with van der Waals surface area (Å²) in [5.41, 5.74) is 1.72. The van der Waals surface area contributed by atoms with E-state index in [0.717, 1.165) is 11.3 Å². The summed E-state index contributed by atoms with van der Waals surface area (Å²) in [6.07, 6.45) is 2.63. The predicted octanol–water partition coefficient (Wildman–Crippen LogP) is 4.22. The van der Waals surface area contributed by atoms with Crippen LogP contribution in [0.5, 0.6) is 11.5 Å². The van der Waals surface area contributed by atoms with Crippen LogP contribution in [0.15, 0.2) is 61.2 Å². The molecule has 0 bridgehead atoms. The van der Waals surface area contributed by atoms with Crippen molar-refractivity contribution >= 4 is 11.6 Å². The third-order valence-corrected chi connectivity index (χ3v) is 3.21. The fraction of sp³-hybridized carbons (Fsp3) is 0.250. The van der Waals surface area contributed by atoms with Crippen molar-refractivity contribution < 1.29 is 14.3 Å². The maximum atomic E-state index is 12.0. The standard InChI is InChI=1S/C20H23NO3/c1-4-7-16-8-5-6-9-19(16)23-14-20(22)21-17-10-12-18(13-11-17)24-15(2)3/h4-6,8-13,15H,1,7,14H2,2-3H3,(H,21,22). The average molecular weight is 325 g/mol. The molecule has 1 N–H and O–H groups in total. The molecule has 0 aliphatic carbocycles. The molecule has 126 valence electrons. The fourth-order valence-corrected chi connectivity index (χ4v) is 2.20. The molecule has 4 nitrogen and oxygen atoms in total. The second-order valence-electron chi connectivity index (χ2n) is 5.63. The van der Waals surface area contributed by atoms with Crippen molar-refractivity contribution in [1.29, 1.82) is 0 Å². The van der Waals surface area contributed by atoms with Crippen LogP contribution in [-0.2, 0) is 11.2 Å². The summed E-state index contributed by atoms with van der Waals surface area (Å²) in [5, 5.41) is 2.80.